The van der Waals surface area contributed by atoms with Crippen LogP contribution in [0, 0.1) is 0 Å². The first-order valence-corrected chi connectivity index (χ1v) is 20.1. The Morgan fingerprint density at radius 2 is 0.817 bits per heavy atom. The lowest BCUT2D eigenvalue weighted by Gasteiger charge is -2.13. The van der Waals surface area contributed by atoms with Crippen molar-refractivity contribution in [1.29, 1.82) is 0 Å². The third-order valence-corrected chi connectivity index (χ3v) is 11.1. The quantitative estimate of drug-likeness (QED) is 0.151. The second-order valence-corrected chi connectivity index (χ2v) is 14.9. The molecule has 0 aliphatic heterocycles. The molecule has 0 aliphatic rings. The van der Waals surface area contributed by atoms with Gasteiger partial charge in [0.2, 0.25) is 0 Å². The van der Waals surface area contributed by atoms with Gasteiger partial charge in [-0.1, -0.05) is 176 Å². The summed E-state index contributed by atoms with van der Waals surface area (Å²) in [5.41, 5.74) is 15.6. The van der Waals surface area contributed by atoms with Gasteiger partial charge in [0.1, 0.15) is 0 Å². The van der Waals surface area contributed by atoms with Gasteiger partial charge in [0.05, 0.1) is 39.3 Å². The highest BCUT2D eigenvalue weighted by Crippen LogP contribution is 2.37. The lowest BCUT2D eigenvalue weighted by molar-refractivity contribution is 1.18. The standard InChI is InChI=1S/C55H35N5/c1-4-13-36(14-5-1)47-34-49(58-54-46(47)30-28-41-29-31-48(57-53(41)54)37-15-6-2-7-16-37)39-24-26-42(27-25-39)55-59-50(38-17-8-3-9-18-38)35-51(60-55)44-21-10-20-43(33-44)45-23-11-19-40-22-12-32-56-52(40)45/h1-35H. The Labute approximate surface area is 347 Å². The van der Waals surface area contributed by atoms with Gasteiger partial charge in [-0.3, -0.25) is 4.98 Å². The Morgan fingerprint density at radius 3 is 1.58 bits per heavy atom. The second kappa shape index (κ2) is 15.0. The van der Waals surface area contributed by atoms with Crippen molar-refractivity contribution in [3.05, 3.63) is 212 Å². The van der Waals surface area contributed by atoms with Gasteiger partial charge in [-0.15, -0.1) is 0 Å². The normalized spacial score (nSPS) is 11.3. The fourth-order valence-electron chi connectivity index (χ4n) is 8.10. The molecule has 0 radical (unpaired) electrons. The lowest BCUT2D eigenvalue weighted by Crippen LogP contribution is -1.96. The van der Waals surface area contributed by atoms with Crippen LogP contribution in [0.25, 0.3) is 111 Å². The van der Waals surface area contributed by atoms with Crippen molar-refractivity contribution in [3.63, 3.8) is 0 Å². The summed E-state index contributed by atoms with van der Waals surface area (Å²) >= 11 is 0. The predicted molar refractivity (Wildman–Crippen MR) is 246 cm³/mol. The molecule has 0 spiro atoms. The molecule has 5 heteroatoms. The van der Waals surface area contributed by atoms with Crippen LogP contribution >= 0.6 is 0 Å². The summed E-state index contributed by atoms with van der Waals surface area (Å²) in [6.07, 6.45) is 1.85. The van der Waals surface area contributed by atoms with Crippen LogP contribution in [0.4, 0.5) is 0 Å². The molecule has 0 saturated heterocycles. The number of rotatable bonds is 7. The van der Waals surface area contributed by atoms with Crippen LogP contribution in [-0.2, 0) is 0 Å². The fraction of sp³-hybridized carbons (Fsp3) is 0. The van der Waals surface area contributed by atoms with E-state index in [0.717, 1.165) is 106 Å². The molecule has 0 N–H and O–H groups in total. The smallest absolute Gasteiger partial charge is 0.160 e. The van der Waals surface area contributed by atoms with Crippen LogP contribution in [-0.4, -0.2) is 24.9 Å². The molecule has 4 aromatic heterocycles. The second-order valence-electron chi connectivity index (χ2n) is 14.9. The minimum Gasteiger partial charge on any atom is -0.256 e. The molecule has 280 valence electrons. The van der Waals surface area contributed by atoms with E-state index in [9.17, 15) is 0 Å². The number of para-hydroxylation sites is 1. The van der Waals surface area contributed by atoms with Crippen molar-refractivity contribution in [2.24, 2.45) is 0 Å². The van der Waals surface area contributed by atoms with E-state index in [4.69, 9.17) is 24.9 Å². The van der Waals surface area contributed by atoms with Gasteiger partial charge in [-0.25, -0.2) is 19.9 Å². The summed E-state index contributed by atoms with van der Waals surface area (Å²) in [5, 5.41) is 3.22. The number of benzene rings is 7. The molecule has 0 saturated carbocycles. The summed E-state index contributed by atoms with van der Waals surface area (Å²) in [5.74, 6) is 0.648. The topological polar surface area (TPSA) is 64.5 Å². The van der Waals surface area contributed by atoms with Gasteiger partial charge in [-0.05, 0) is 47.0 Å². The first-order chi connectivity index (χ1) is 29.7. The Balaban J connectivity index is 1.03. The molecular weight excluding hydrogens is 731 g/mol. The van der Waals surface area contributed by atoms with E-state index in [1.54, 1.807) is 0 Å². The Bertz CT molecular complexity index is 3340. The lowest BCUT2D eigenvalue weighted by atomic mass is 9.96. The SMILES string of the molecule is c1ccc(-c2cc(-c3cccc(-c4cccc5cccnc45)c3)nc(-c3ccc(-c4cc(-c5ccccc5)c5ccc6ccc(-c7ccccc7)nc6c5n4)cc3)n2)cc1. The number of aromatic nitrogens is 5. The fourth-order valence-corrected chi connectivity index (χ4v) is 8.10. The summed E-state index contributed by atoms with van der Waals surface area (Å²) in [4.78, 5) is 25.7. The molecule has 4 heterocycles. The molecule has 11 rings (SSSR count). The van der Waals surface area contributed by atoms with Crippen LogP contribution in [0.5, 0.6) is 0 Å². The first-order valence-electron chi connectivity index (χ1n) is 20.1. The van der Waals surface area contributed by atoms with Crippen LogP contribution in [0.3, 0.4) is 0 Å². The van der Waals surface area contributed by atoms with Crippen molar-refractivity contribution in [3.8, 4) is 78.7 Å². The van der Waals surface area contributed by atoms with E-state index in [2.05, 4.69) is 164 Å². The summed E-state index contributed by atoms with van der Waals surface area (Å²) in [7, 11) is 0. The van der Waals surface area contributed by atoms with E-state index in [1.807, 2.05) is 48.7 Å². The van der Waals surface area contributed by atoms with Crippen LogP contribution in [0.2, 0.25) is 0 Å². The molecule has 7 aromatic carbocycles. The van der Waals surface area contributed by atoms with Crippen molar-refractivity contribution < 1.29 is 0 Å². The maximum atomic E-state index is 5.36. The highest BCUT2D eigenvalue weighted by molar-refractivity contribution is 6.09. The molecule has 0 amide bonds. The minimum atomic E-state index is 0.648. The number of pyridine rings is 3. The number of hydrogen-bond acceptors (Lipinski definition) is 5. The molecule has 0 atom stereocenters. The zero-order valence-electron chi connectivity index (χ0n) is 32.4. The van der Waals surface area contributed by atoms with Crippen LogP contribution in [0.15, 0.2) is 212 Å². The summed E-state index contributed by atoms with van der Waals surface area (Å²) < 4.78 is 0. The van der Waals surface area contributed by atoms with Crippen molar-refractivity contribution in [2.45, 2.75) is 0 Å². The average Bonchev–Trinajstić information content (AvgIpc) is 3.34. The third-order valence-electron chi connectivity index (χ3n) is 11.1. The van der Waals surface area contributed by atoms with Crippen LogP contribution < -0.4 is 0 Å². The van der Waals surface area contributed by atoms with Gasteiger partial charge in [-0.2, -0.15) is 0 Å². The average molecular weight is 766 g/mol. The van der Waals surface area contributed by atoms with E-state index in [0.29, 0.717) is 5.82 Å². The van der Waals surface area contributed by atoms with Crippen LogP contribution in [0.1, 0.15) is 0 Å². The van der Waals surface area contributed by atoms with Gasteiger partial charge < -0.3 is 0 Å². The monoisotopic (exact) mass is 765 g/mol. The van der Waals surface area contributed by atoms with E-state index < -0.39 is 0 Å². The van der Waals surface area contributed by atoms with Gasteiger partial charge in [0.15, 0.2) is 5.82 Å². The zero-order chi connectivity index (χ0) is 39.8. The number of nitrogens with zero attached hydrogens (tertiary/aromatic N) is 5. The molecule has 0 fully saturated rings. The molecule has 0 unspecified atom stereocenters. The van der Waals surface area contributed by atoms with Gasteiger partial charge in [0, 0.05) is 55.7 Å². The zero-order valence-corrected chi connectivity index (χ0v) is 32.4. The molecule has 60 heavy (non-hydrogen) atoms. The van der Waals surface area contributed by atoms with Gasteiger partial charge in [0.25, 0.3) is 0 Å². The number of hydrogen-bond donors (Lipinski definition) is 0. The first kappa shape index (κ1) is 35.0. The maximum Gasteiger partial charge on any atom is 0.160 e. The highest BCUT2D eigenvalue weighted by Gasteiger charge is 2.16. The Hall–Kier alpha value is -8.15. The largest absolute Gasteiger partial charge is 0.256 e. The minimum absolute atomic E-state index is 0.648. The summed E-state index contributed by atoms with van der Waals surface area (Å²) in [6, 6.07) is 71.3. The predicted octanol–water partition coefficient (Wildman–Crippen LogP) is 13.8. The third kappa shape index (κ3) is 6.54. The molecular formula is C55H35N5. The van der Waals surface area contributed by atoms with E-state index in [1.165, 1.54) is 0 Å². The van der Waals surface area contributed by atoms with Crippen molar-refractivity contribution >= 4 is 32.7 Å². The molecule has 0 bridgehead atoms. The Morgan fingerprint density at radius 1 is 0.267 bits per heavy atom. The van der Waals surface area contributed by atoms with Crippen molar-refractivity contribution in [1.82, 2.24) is 24.9 Å². The Kier molecular flexibility index (Phi) is 8.75. The number of fused-ring (bicyclic) bond motifs is 4. The maximum absolute atomic E-state index is 5.36. The van der Waals surface area contributed by atoms with Crippen molar-refractivity contribution in [2.75, 3.05) is 0 Å². The molecule has 0 aliphatic carbocycles. The summed E-state index contributed by atoms with van der Waals surface area (Å²) in [6.45, 7) is 0. The van der Waals surface area contributed by atoms with Gasteiger partial charge >= 0.3 is 0 Å². The molecule has 5 nitrogen and oxygen atoms in total. The van der Waals surface area contributed by atoms with E-state index >= 15 is 0 Å². The highest BCUT2D eigenvalue weighted by atomic mass is 14.9. The molecule has 11 aromatic rings. The van der Waals surface area contributed by atoms with E-state index in [-0.39, 0.29) is 0 Å².